The van der Waals surface area contributed by atoms with Gasteiger partial charge in [-0.25, -0.2) is 4.68 Å². The highest BCUT2D eigenvalue weighted by atomic mass is 35.5. The molecule has 1 aromatic rings. The van der Waals surface area contributed by atoms with Crippen molar-refractivity contribution in [3.8, 4) is 0 Å². The maximum Gasteiger partial charge on any atom is 0.287 e. The second-order valence-corrected chi connectivity index (χ2v) is 4.28. The molecule has 17 heavy (non-hydrogen) atoms. The third kappa shape index (κ3) is 3.71. The van der Waals surface area contributed by atoms with Crippen molar-refractivity contribution in [2.75, 3.05) is 11.9 Å². The minimum Gasteiger partial charge on any atom is -0.396 e. The predicted octanol–water partition coefficient (Wildman–Crippen LogP) is 1.49. The molecule has 5 nitrogen and oxygen atoms in total. The Morgan fingerprint density at radius 2 is 2.35 bits per heavy atom. The molecular formula is C11H18ClN3O2. The van der Waals surface area contributed by atoms with E-state index >= 15 is 0 Å². The number of aryl methyl sites for hydroxylation is 1. The molecule has 0 aliphatic heterocycles. The highest BCUT2D eigenvalue weighted by Crippen LogP contribution is 2.17. The standard InChI is InChI=1S/C11H18ClN3O2/c1-3-15-11(17)10(12)9(7-13-15)14-8(2)5-4-6-16/h7-8,14,16H,3-6H2,1-2H3. The van der Waals surface area contributed by atoms with Gasteiger partial charge in [0.05, 0.1) is 11.9 Å². The summed E-state index contributed by atoms with van der Waals surface area (Å²) in [6.07, 6.45) is 3.08. The van der Waals surface area contributed by atoms with Gasteiger partial charge in [0.25, 0.3) is 5.56 Å². The maximum atomic E-state index is 11.7. The Labute approximate surface area is 105 Å². The number of nitrogens with one attached hydrogen (secondary N) is 1. The van der Waals surface area contributed by atoms with Gasteiger partial charge >= 0.3 is 0 Å². The molecule has 0 aliphatic rings. The molecular weight excluding hydrogens is 242 g/mol. The van der Waals surface area contributed by atoms with Crippen molar-refractivity contribution in [3.05, 3.63) is 21.6 Å². The Bertz CT molecular complexity index is 420. The zero-order valence-corrected chi connectivity index (χ0v) is 10.9. The Balaban J connectivity index is 2.79. The van der Waals surface area contributed by atoms with E-state index in [1.54, 1.807) is 6.20 Å². The van der Waals surface area contributed by atoms with Crippen LogP contribution in [0.15, 0.2) is 11.0 Å². The molecule has 1 unspecified atom stereocenters. The van der Waals surface area contributed by atoms with Gasteiger partial charge in [-0.1, -0.05) is 11.6 Å². The van der Waals surface area contributed by atoms with E-state index in [1.165, 1.54) is 4.68 Å². The minimum absolute atomic E-state index is 0.137. The molecule has 0 saturated heterocycles. The Morgan fingerprint density at radius 3 is 2.94 bits per heavy atom. The normalized spacial score (nSPS) is 12.5. The lowest BCUT2D eigenvalue weighted by Gasteiger charge is -2.15. The van der Waals surface area contributed by atoms with Crippen molar-refractivity contribution in [1.29, 1.82) is 0 Å². The first-order valence-corrected chi connectivity index (χ1v) is 6.11. The number of nitrogens with zero attached hydrogens (tertiary/aromatic N) is 2. The molecule has 1 rings (SSSR count). The first-order chi connectivity index (χ1) is 8.10. The SMILES string of the molecule is CCn1ncc(NC(C)CCCO)c(Cl)c1=O. The topological polar surface area (TPSA) is 67.2 Å². The fraction of sp³-hybridized carbons (Fsp3) is 0.636. The van der Waals surface area contributed by atoms with Crippen molar-refractivity contribution in [3.63, 3.8) is 0 Å². The van der Waals surface area contributed by atoms with Crippen molar-refractivity contribution >= 4 is 17.3 Å². The zero-order valence-electron chi connectivity index (χ0n) is 10.1. The lowest BCUT2D eigenvalue weighted by Crippen LogP contribution is -2.25. The smallest absolute Gasteiger partial charge is 0.287 e. The molecule has 6 heteroatoms. The highest BCUT2D eigenvalue weighted by Gasteiger charge is 2.10. The van der Waals surface area contributed by atoms with Gasteiger partial charge in [0, 0.05) is 19.2 Å². The molecule has 1 atom stereocenters. The van der Waals surface area contributed by atoms with Crippen LogP contribution in [0.5, 0.6) is 0 Å². The molecule has 0 spiro atoms. The quantitative estimate of drug-likeness (QED) is 0.812. The second-order valence-electron chi connectivity index (χ2n) is 3.90. The average molecular weight is 260 g/mol. The van der Waals surface area contributed by atoms with Gasteiger partial charge in [0.1, 0.15) is 5.02 Å². The third-order valence-electron chi connectivity index (χ3n) is 2.48. The first kappa shape index (κ1) is 14.0. The number of halogens is 1. The molecule has 96 valence electrons. The summed E-state index contributed by atoms with van der Waals surface area (Å²) in [6, 6.07) is 0.137. The van der Waals surface area contributed by atoms with Gasteiger partial charge in [-0.15, -0.1) is 0 Å². The fourth-order valence-corrected chi connectivity index (χ4v) is 1.73. The van der Waals surface area contributed by atoms with E-state index in [2.05, 4.69) is 10.4 Å². The monoisotopic (exact) mass is 259 g/mol. The molecule has 0 saturated carbocycles. The van der Waals surface area contributed by atoms with Crippen LogP contribution in [0.2, 0.25) is 5.02 Å². The number of hydrogen-bond donors (Lipinski definition) is 2. The first-order valence-electron chi connectivity index (χ1n) is 5.73. The van der Waals surface area contributed by atoms with Crippen LogP contribution in [-0.4, -0.2) is 27.5 Å². The maximum absolute atomic E-state index is 11.7. The number of aliphatic hydroxyl groups is 1. The van der Waals surface area contributed by atoms with Gasteiger partial charge in [0.2, 0.25) is 0 Å². The molecule has 0 amide bonds. The van der Waals surface area contributed by atoms with Gasteiger partial charge in [-0.3, -0.25) is 4.79 Å². The van der Waals surface area contributed by atoms with Crippen LogP contribution in [0, 0.1) is 0 Å². The van der Waals surface area contributed by atoms with E-state index in [-0.39, 0.29) is 23.2 Å². The van der Waals surface area contributed by atoms with E-state index in [9.17, 15) is 4.79 Å². The van der Waals surface area contributed by atoms with E-state index in [4.69, 9.17) is 16.7 Å². The summed E-state index contributed by atoms with van der Waals surface area (Å²) >= 11 is 5.97. The van der Waals surface area contributed by atoms with Crippen molar-refractivity contribution in [2.45, 2.75) is 39.3 Å². The van der Waals surface area contributed by atoms with Gasteiger partial charge in [0.15, 0.2) is 0 Å². The van der Waals surface area contributed by atoms with Crippen LogP contribution < -0.4 is 10.9 Å². The van der Waals surface area contributed by atoms with Crippen molar-refractivity contribution in [2.24, 2.45) is 0 Å². The van der Waals surface area contributed by atoms with E-state index in [0.29, 0.717) is 18.7 Å². The molecule has 1 aromatic heterocycles. The molecule has 0 radical (unpaired) electrons. The summed E-state index contributed by atoms with van der Waals surface area (Å²) in [5, 5.41) is 16.0. The van der Waals surface area contributed by atoms with E-state index in [1.807, 2.05) is 13.8 Å². The molecule has 0 aromatic carbocycles. The Morgan fingerprint density at radius 1 is 1.65 bits per heavy atom. The lowest BCUT2D eigenvalue weighted by molar-refractivity contribution is 0.282. The largest absolute Gasteiger partial charge is 0.396 e. The molecule has 1 heterocycles. The molecule has 2 N–H and O–H groups in total. The number of anilines is 1. The van der Waals surface area contributed by atoms with Crippen LogP contribution in [0.3, 0.4) is 0 Å². The summed E-state index contributed by atoms with van der Waals surface area (Å²) in [4.78, 5) is 11.7. The van der Waals surface area contributed by atoms with Crippen LogP contribution in [-0.2, 0) is 6.54 Å². The van der Waals surface area contributed by atoms with E-state index < -0.39 is 0 Å². The zero-order chi connectivity index (χ0) is 12.8. The lowest BCUT2D eigenvalue weighted by atomic mass is 10.2. The summed E-state index contributed by atoms with van der Waals surface area (Å²) in [5.41, 5.74) is 0.264. The fourth-order valence-electron chi connectivity index (χ4n) is 1.53. The summed E-state index contributed by atoms with van der Waals surface area (Å²) < 4.78 is 1.31. The highest BCUT2D eigenvalue weighted by molar-refractivity contribution is 6.32. The molecule has 0 fully saturated rings. The minimum atomic E-state index is -0.284. The summed E-state index contributed by atoms with van der Waals surface area (Å²) in [7, 11) is 0. The second kappa shape index (κ2) is 6.61. The number of aliphatic hydroxyl groups excluding tert-OH is 1. The Hall–Kier alpha value is -1.07. The number of rotatable bonds is 6. The van der Waals surface area contributed by atoms with E-state index in [0.717, 1.165) is 6.42 Å². The van der Waals surface area contributed by atoms with Gasteiger partial charge in [-0.2, -0.15) is 5.10 Å². The van der Waals surface area contributed by atoms with Crippen molar-refractivity contribution < 1.29 is 5.11 Å². The van der Waals surface area contributed by atoms with Crippen LogP contribution in [0.4, 0.5) is 5.69 Å². The number of aromatic nitrogens is 2. The number of hydrogen-bond acceptors (Lipinski definition) is 4. The molecule has 0 aliphatic carbocycles. The van der Waals surface area contributed by atoms with Crippen LogP contribution >= 0.6 is 11.6 Å². The van der Waals surface area contributed by atoms with Gasteiger partial charge in [-0.05, 0) is 26.7 Å². The third-order valence-corrected chi connectivity index (χ3v) is 2.85. The average Bonchev–Trinajstić information content (AvgIpc) is 2.33. The Kier molecular flexibility index (Phi) is 5.44. The van der Waals surface area contributed by atoms with Gasteiger partial charge < -0.3 is 10.4 Å². The predicted molar refractivity (Wildman–Crippen MR) is 68.6 cm³/mol. The van der Waals surface area contributed by atoms with Crippen LogP contribution in [0.1, 0.15) is 26.7 Å². The van der Waals surface area contributed by atoms with Crippen molar-refractivity contribution in [1.82, 2.24) is 9.78 Å². The van der Waals surface area contributed by atoms with Crippen LogP contribution in [0.25, 0.3) is 0 Å². The molecule has 0 bridgehead atoms. The summed E-state index contributed by atoms with van der Waals surface area (Å²) in [6.45, 7) is 4.47. The summed E-state index contributed by atoms with van der Waals surface area (Å²) in [5.74, 6) is 0.